The van der Waals surface area contributed by atoms with Crippen LogP contribution in [0.1, 0.15) is 50.3 Å². The second kappa shape index (κ2) is 6.89. The van der Waals surface area contributed by atoms with Crippen molar-refractivity contribution in [2.24, 2.45) is 0 Å². The molecule has 3 heterocycles. The predicted octanol–water partition coefficient (Wildman–Crippen LogP) is 3.40. The molecule has 6 nitrogen and oxygen atoms in total. The van der Waals surface area contributed by atoms with Crippen molar-refractivity contribution in [3.05, 3.63) is 24.2 Å². The highest BCUT2D eigenvalue weighted by Crippen LogP contribution is 2.33. The minimum Gasteiger partial charge on any atom is -0.381 e. The van der Waals surface area contributed by atoms with Crippen molar-refractivity contribution in [3.63, 3.8) is 0 Å². The Balaban J connectivity index is 1.61. The van der Waals surface area contributed by atoms with E-state index in [4.69, 9.17) is 9.26 Å². The molecule has 2 aliphatic rings. The molecule has 0 unspecified atom stereocenters. The van der Waals surface area contributed by atoms with Crippen LogP contribution in [0.25, 0.3) is 11.5 Å². The lowest BCUT2D eigenvalue weighted by Gasteiger charge is -2.32. The average Bonchev–Trinajstić information content (AvgIpc) is 3.33. The molecule has 0 radical (unpaired) electrons. The summed E-state index contributed by atoms with van der Waals surface area (Å²) in [6.07, 6.45) is 9.17. The number of pyridine rings is 1. The highest BCUT2D eigenvalue weighted by molar-refractivity contribution is 5.69. The van der Waals surface area contributed by atoms with Crippen molar-refractivity contribution in [1.29, 1.82) is 0 Å². The van der Waals surface area contributed by atoms with Crippen LogP contribution in [0.15, 0.2) is 22.9 Å². The van der Waals surface area contributed by atoms with Gasteiger partial charge in [0, 0.05) is 31.8 Å². The fraction of sp³-hybridized carbons (Fsp3) is 0.611. The first kappa shape index (κ1) is 15.6. The quantitative estimate of drug-likeness (QED) is 0.857. The van der Waals surface area contributed by atoms with Gasteiger partial charge >= 0.3 is 0 Å². The van der Waals surface area contributed by atoms with Gasteiger partial charge in [0.15, 0.2) is 5.82 Å². The van der Waals surface area contributed by atoms with Gasteiger partial charge in [-0.15, -0.1) is 0 Å². The van der Waals surface area contributed by atoms with Gasteiger partial charge in [0.1, 0.15) is 5.82 Å². The average molecular weight is 328 g/mol. The molecule has 1 saturated heterocycles. The second-order valence-electron chi connectivity index (χ2n) is 6.80. The summed E-state index contributed by atoms with van der Waals surface area (Å²) in [4.78, 5) is 11.5. The molecule has 1 aliphatic carbocycles. The van der Waals surface area contributed by atoms with E-state index in [-0.39, 0.29) is 5.92 Å². The fourth-order valence-electron chi connectivity index (χ4n) is 3.73. The van der Waals surface area contributed by atoms with Crippen LogP contribution in [0.5, 0.6) is 0 Å². The lowest BCUT2D eigenvalue weighted by Crippen LogP contribution is -2.34. The Hall–Kier alpha value is -1.95. The summed E-state index contributed by atoms with van der Waals surface area (Å²) in [7, 11) is 2.13. The van der Waals surface area contributed by atoms with Crippen molar-refractivity contribution in [1.82, 2.24) is 15.1 Å². The third-order valence-corrected chi connectivity index (χ3v) is 5.21. The molecule has 0 N–H and O–H groups in total. The van der Waals surface area contributed by atoms with Crippen molar-refractivity contribution in [2.75, 3.05) is 25.2 Å². The lowest BCUT2D eigenvalue weighted by molar-refractivity contribution is 0.192. The van der Waals surface area contributed by atoms with Gasteiger partial charge in [-0.3, -0.25) is 0 Å². The number of nitrogens with zero attached hydrogens (tertiary/aromatic N) is 4. The van der Waals surface area contributed by atoms with Crippen LogP contribution in [-0.4, -0.2) is 41.4 Å². The Morgan fingerprint density at radius 2 is 2.04 bits per heavy atom. The van der Waals surface area contributed by atoms with Crippen LogP contribution in [-0.2, 0) is 4.74 Å². The third-order valence-electron chi connectivity index (χ3n) is 5.21. The summed E-state index contributed by atoms with van der Waals surface area (Å²) in [6.45, 7) is 1.46. The summed E-state index contributed by atoms with van der Waals surface area (Å²) in [5.74, 6) is 2.49. The topological polar surface area (TPSA) is 64.3 Å². The summed E-state index contributed by atoms with van der Waals surface area (Å²) in [5, 5.41) is 4.18. The van der Waals surface area contributed by atoms with Gasteiger partial charge in [0.25, 0.3) is 5.89 Å². The molecule has 0 amide bonds. The van der Waals surface area contributed by atoms with Crippen molar-refractivity contribution >= 4 is 5.82 Å². The van der Waals surface area contributed by atoms with E-state index in [1.807, 2.05) is 18.3 Å². The molecule has 2 aromatic heterocycles. The summed E-state index contributed by atoms with van der Waals surface area (Å²) < 4.78 is 11.0. The Morgan fingerprint density at radius 3 is 2.83 bits per heavy atom. The Bertz CT molecular complexity index is 675. The van der Waals surface area contributed by atoms with Crippen LogP contribution in [0.3, 0.4) is 0 Å². The zero-order chi connectivity index (χ0) is 16.4. The molecule has 4 rings (SSSR count). The zero-order valence-corrected chi connectivity index (χ0v) is 14.1. The number of hydrogen-bond donors (Lipinski definition) is 0. The standard InChI is InChI=1S/C18H24N4O2/c1-22(14-6-3-2-4-7-14)17-15(8-5-10-19-17)18-20-16(21-24-18)13-9-11-23-12-13/h5,8,10,13-14H,2-4,6-7,9,11-12H2,1H3/t13-/m1/s1. The van der Waals surface area contributed by atoms with E-state index in [2.05, 4.69) is 27.1 Å². The minimum atomic E-state index is 0.249. The number of anilines is 1. The molecule has 6 heteroatoms. The van der Waals surface area contributed by atoms with E-state index in [1.165, 1.54) is 32.1 Å². The summed E-state index contributed by atoms with van der Waals surface area (Å²) in [6, 6.07) is 4.48. The lowest BCUT2D eigenvalue weighted by atomic mass is 9.94. The molecule has 24 heavy (non-hydrogen) atoms. The zero-order valence-electron chi connectivity index (χ0n) is 14.1. The molecule has 0 aromatic carbocycles. The van der Waals surface area contributed by atoms with Gasteiger partial charge in [-0.25, -0.2) is 4.98 Å². The normalized spacial score (nSPS) is 22.0. The van der Waals surface area contributed by atoms with Gasteiger partial charge < -0.3 is 14.2 Å². The number of hydrogen-bond acceptors (Lipinski definition) is 6. The van der Waals surface area contributed by atoms with Crippen molar-refractivity contribution in [3.8, 4) is 11.5 Å². The van der Waals surface area contributed by atoms with E-state index in [9.17, 15) is 0 Å². The highest BCUT2D eigenvalue weighted by Gasteiger charge is 2.26. The van der Waals surface area contributed by atoms with E-state index in [0.29, 0.717) is 18.5 Å². The molecule has 2 fully saturated rings. The van der Waals surface area contributed by atoms with E-state index in [1.54, 1.807) is 0 Å². The number of ether oxygens (including phenoxy) is 1. The van der Waals surface area contributed by atoms with Crippen LogP contribution in [0.4, 0.5) is 5.82 Å². The maximum absolute atomic E-state index is 5.56. The fourth-order valence-corrected chi connectivity index (χ4v) is 3.73. The largest absolute Gasteiger partial charge is 0.381 e. The van der Waals surface area contributed by atoms with Crippen LogP contribution in [0.2, 0.25) is 0 Å². The first-order valence-corrected chi connectivity index (χ1v) is 8.92. The first-order valence-electron chi connectivity index (χ1n) is 8.92. The van der Waals surface area contributed by atoms with Gasteiger partial charge in [0.2, 0.25) is 0 Å². The molecule has 128 valence electrons. The summed E-state index contributed by atoms with van der Waals surface area (Å²) >= 11 is 0. The molecule has 2 aromatic rings. The van der Waals surface area contributed by atoms with Crippen LogP contribution in [0, 0.1) is 0 Å². The van der Waals surface area contributed by atoms with E-state index in [0.717, 1.165) is 30.2 Å². The Labute approximate surface area is 142 Å². The number of rotatable bonds is 4. The Kier molecular flexibility index (Phi) is 4.47. The molecule has 0 bridgehead atoms. The molecular formula is C18H24N4O2. The number of aromatic nitrogens is 3. The van der Waals surface area contributed by atoms with Crippen LogP contribution < -0.4 is 4.90 Å². The minimum absolute atomic E-state index is 0.249. The van der Waals surface area contributed by atoms with Crippen molar-refractivity contribution < 1.29 is 9.26 Å². The Morgan fingerprint density at radius 1 is 1.17 bits per heavy atom. The maximum atomic E-state index is 5.56. The SMILES string of the molecule is CN(c1ncccc1-c1nc([C@@H]2CCOC2)no1)C1CCCCC1. The maximum Gasteiger partial charge on any atom is 0.261 e. The predicted molar refractivity (Wildman–Crippen MR) is 91.0 cm³/mol. The van der Waals surface area contributed by atoms with Gasteiger partial charge in [-0.1, -0.05) is 24.4 Å². The first-order chi connectivity index (χ1) is 11.8. The molecule has 1 aliphatic heterocycles. The van der Waals surface area contributed by atoms with Gasteiger partial charge in [-0.05, 0) is 31.4 Å². The van der Waals surface area contributed by atoms with Gasteiger partial charge in [-0.2, -0.15) is 4.98 Å². The molecule has 1 saturated carbocycles. The summed E-state index contributed by atoms with van der Waals surface area (Å²) in [5.41, 5.74) is 0.920. The smallest absolute Gasteiger partial charge is 0.261 e. The van der Waals surface area contributed by atoms with E-state index >= 15 is 0 Å². The molecular weight excluding hydrogens is 304 g/mol. The third kappa shape index (κ3) is 3.02. The van der Waals surface area contributed by atoms with Crippen LogP contribution >= 0.6 is 0 Å². The van der Waals surface area contributed by atoms with E-state index < -0.39 is 0 Å². The van der Waals surface area contributed by atoms with Crippen molar-refractivity contribution in [2.45, 2.75) is 50.5 Å². The molecule has 1 atom stereocenters. The molecule has 0 spiro atoms. The monoisotopic (exact) mass is 328 g/mol. The van der Waals surface area contributed by atoms with Gasteiger partial charge in [0.05, 0.1) is 12.2 Å². The highest BCUT2D eigenvalue weighted by atomic mass is 16.5. The second-order valence-corrected chi connectivity index (χ2v) is 6.80.